The van der Waals surface area contributed by atoms with E-state index in [9.17, 15) is 13.7 Å². The first kappa shape index (κ1) is 24.9. The summed E-state index contributed by atoms with van der Waals surface area (Å²) in [6.07, 6.45) is 1.20. The number of rotatable bonds is 10. The van der Waals surface area contributed by atoms with Crippen molar-refractivity contribution >= 4 is 33.9 Å². The quantitative estimate of drug-likeness (QED) is 0.308. The monoisotopic (exact) mass is 508 g/mol. The number of aromatic nitrogens is 1. The lowest BCUT2D eigenvalue weighted by molar-refractivity contribution is 0.269. The van der Waals surface area contributed by atoms with Gasteiger partial charge in [0.25, 0.3) is 0 Å². The zero-order chi connectivity index (χ0) is 24.0. The maximum atomic E-state index is 10.9. The molecule has 0 radical (unpaired) electrons. The molecule has 3 aromatic rings. The molecular weight excluding hydrogens is 487 g/mol. The number of nitrogens with zero attached hydrogens (tertiary/aromatic N) is 2. The second-order valence-corrected chi connectivity index (χ2v) is 9.40. The van der Waals surface area contributed by atoms with Gasteiger partial charge in [0.05, 0.1) is 22.2 Å². The molecule has 33 heavy (non-hydrogen) atoms. The van der Waals surface area contributed by atoms with Crippen molar-refractivity contribution < 1.29 is 22.3 Å². The molecule has 0 N–H and O–H groups in total. The fourth-order valence-corrected chi connectivity index (χ4v) is 4.12. The highest BCUT2D eigenvalue weighted by Gasteiger charge is 2.26. The van der Waals surface area contributed by atoms with Gasteiger partial charge in [-0.25, -0.2) is 13.4 Å². The van der Waals surface area contributed by atoms with Crippen LogP contribution >= 0.6 is 23.2 Å². The van der Waals surface area contributed by atoms with Gasteiger partial charge >= 0.3 is 0 Å². The van der Waals surface area contributed by atoms with E-state index in [2.05, 4.69) is 11.1 Å². The smallest absolute Gasteiger partial charge is 0.181 e. The van der Waals surface area contributed by atoms with Gasteiger partial charge < -0.3 is 13.9 Å². The van der Waals surface area contributed by atoms with Gasteiger partial charge in [-0.15, -0.1) is 11.6 Å². The Bertz CT molecular complexity index is 1220. The Morgan fingerprint density at radius 1 is 1.15 bits per heavy atom. The standard InChI is InChI=1S/C23H22Cl2N2O5S/c1-23(2,17-9-15(11-26)22(19(25)10-17)30-8-7-24)16-3-5-18(6-4-16)31-12-21-20(13-33(28)29)27-14-32-21/h3-6,9-10,14,33H,7-8,12-13H2,1-2H3. The van der Waals surface area contributed by atoms with Crippen molar-refractivity contribution in [1.29, 1.82) is 5.26 Å². The van der Waals surface area contributed by atoms with Crippen LogP contribution < -0.4 is 9.47 Å². The zero-order valence-electron chi connectivity index (χ0n) is 18.0. The lowest BCUT2D eigenvalue weighted by Crippen LogP contribution is -2.19. The largest absolute Gasteiger partial charge is 0.489 e. The van der Waals surface area contributed by atoms with Crippen LogP contribution in [0.2, 0.25) is 5.02 Å². The predicted octanol–water partition coefficient (Wildman–Crippen LogP) is 4.83. The number of thiol groups is 1. The van der Waals surface area contributed by atoms with Gasteiger partial charge in [-0.2, -0.15) is 5.26 Å². The molecule has 3 rings (SSSR count). The summed E-state index contributed by atoms with van der Waals surface area (Å²) in [7, 11) is -2.60. The molecule has 2 aromatic carbocycles. The van der Waals surface area contributed by atoms with E-state index < -0.39 is 16.1 Å². The van der Waals surface area contributed by atoms with Crippen LogP contribution in [0.4, 0.5) is 0 Å². The molecule has 0 spiro atoms. The summed E-state index contributed by atoms with van der Waals surface area (Å²) in [6, 6.07) is 13.2. The van der Waals surface area contributed by atoms with Crippen LogP contribution in [-0.2, 0) is 28.5 Å². The van der Waals surface area contributed by atoms with E-state index in [0.717, 1.165) is 11.1 Å². The molecular formula is C23H22Cl2N2O5S. The van der Waals surface area contributed by atoms with E-state index in [0.29, 0.717) is 39.4 Å². The summed E-state index contributed by atoms with van der Waals surface area (Å²) in [6.45, 7) is 4.37. The topological polar surface area (TPSA) is 102 Å². The third-order valence-corrected chi connectivity index (χ3v) is 6.15. The second-order valence-electron chi connectivity index (χ2n) is 7.64. The molecule has 1 heterocycles. The molecule has 0 atom stereocenters. The van der Waals surface area contributed by atoms with Crippen LogP contribution in [0.3, 0.4) is 0 Å². The normalized spacial score (nSPS) is 11.4. The molecule has 0 aliphatic heterocycles. The van der Waals surface area contributed by atoms with Gasteiger partial charge in [0, 0.05) is 5.41 Å². The number of benzene rings is 2. The summed E-state index contributed by atoms with van der Waals surface area (Å²) in [4.78, 5) is 3.91. The molecule has 1 aromatic heterocycles. The summed E-state index contributed by atoms with van der Waals surface area (Å²) in [5, 5.41) is 9.91. The van der Waals surface area contributed by atoms with E-state index in [1.807, 2.05) is 38.1 Å². The van der Waals surface area contributed by atoms with Crippen LogP contribution in [0.5, 0.6) is 11.5 Å². The van der Waals surface area contributed by atoms with Crippen LogP contribution in [0.1, 0.15) is 42.0 Å². The highest BCUT2D eigenvalue weighted by molar-refractivity contribution is 7.71. The van der Waals surface area contributed by atoms with Crippen LogP contribution in [0, 0.1) is 11.3 Å². The molecule has 0 amide bonds. The first-order chi connectivity index (χ1) is 15.8. The van der Waals surface area contributed by atoms with Crippen LogP contribution in [0.25, 0.3) is 0 Å². The Balaban J connectivity index is 1.78. The SMILES string of the molecule is CC(C)(c1ccc(OCc2ocnc2C[SH](=O)=O)cc1)c1cc(Cl)c(OCCCl)c(C#N)c1. The van der Waals surface area contributed by atoms with E-state index in [-0.39, 0.29) is 19.0 Å². The highest BCUT2D eigenvalue weighted by atomic mass is 35.5. The lowest BCUT2D eigenvalue weighted by atomic mass is 9.77. The molecule has 0 aliphatic rings. The van der Waals surface area contributed by atoms with Crippen molar-refractivity contribution in [1.82, 2.24) is 4.98 Å². The van der Waals surface area contributed by atoms with E-state index >= 15 is 0 Å². The second kappa shape index (κ2) is 10.9. The Morgan fingerprint density at radius 2 is 1.88 bits per heavy atom. The number of halogens is 2. The Kier molecular flexibility index (Phi) is 8.25. The number of hydrogen-bond donors (Lipinski definition) is 1. The molecule has 0 saturated heterocycles. The minimum Gasteiger partial charge on any atom is -0.489 e. The van der Waals surface area contributed by atoms with Gasteiger partial charge in [-0.1, -0.05) is 37.6 Å². The molecule has 7 nitrogen and oxygen atoms in total. The number of nitriles is 1. The fraction of sp³-hybridized carbons (Fsp3) is 0.304. The molecule has 0 unspecified atom stereocenters. The first-order valence-electron chi connectivity index (χ1n) is 9.95. The van der Waals surface area contributed by atoms with Crippen molar-refractivity contribution in [2.45, 2.75) is 31.6 Å². The molecule has 174 valence electrons. The van der Waals surface area contributed by atoms with Gasteiger partial charge in [0.2, 0.25) is 0 Å². The third kappa shape index (κ3) is 5.99. The maximum Gasteiger partial charge on any atom is 0.181 e. The van der Waals surface area contributed by atoms with Gasteiger partial charge in [0.15, 0.2) is 17.9 Å². The molecule has 0 saturated carbocycles. The number of oxazole rings is 1. The first-order valence-corrected chi connectivity index (χ1v) is 12.2. The van der Waals surface area contributed by atoms with Crippen molar-refractivity contribution in [3.63, 3.8) is 0 Å². The fourth-order valence-electron chi connectivity index (χ4n) is 3.27. The van der Waals surface area contributed by atoms with Gasteiger partial charge in [0.1, 0.15) is 41.4 Å². The average molecular weight is 509 g/mol. The molecule has 0 fully saturated rings. The molecule has 0 bridgehead atoms. The van der Waals surface area contributed by atoms with E-state index in [1.165, 1.54) is 6.39 Å². The lowest BCUT2D eigenvalue weighted by Gasteiger charge is -2.27. The van der Waals surface area contributed by atoms with Crippen LogP contribution in [-0.4, -0.2) is 25.9 Å². The Labute approximate surface area is 203 Å². The summed E-state index contributed by atoms with van der Waals surface area (Å²) in [5.41, 5.74) is 2.06. The van der Waals surface area contributed by atoms with Crippen molar-refractivity contribution in [2.24, 2.45) is 0 Å². The van der Waals surface area contributed by atoms with Gasteiger partial charge in [-0.3, -0.25) is 0 Å². The maximum absolute atomic E-state index is 10.9. The number of alkyl halides is 1. The summed E-state index contributed by atoms with van der Waals surface area (Å²) >= 11 is 12.1. The summed E-state index contributed by atoms with van der Waals surface area (Å²) in [5.74, 6) is 1.38. The predicted molar refractivity (Wildman–Crippen MR) is 126 cm³/mol. The molecule has 10 heteroatoms. The van der Waals surface area contributed by atoms with Crippen molar-refractivity contribution in [3.05, 3.63) is 76.0 Å². The van der Waals surface area contributed by atoms with Gasteiger partial charge in [-0.05, 0) is 35.4 Å². The van der Waals surface area contributed by atoms with Crippen molar-refractivity contribution in [2.75, 3.05) is 12.5 Å². The third-order valence-electron chi connectivity index (χ3n) is 5.16. The average Bonchev–Trinajstić information content (AvgIpc) is 3.22. The number of ether oxygens (including phenoxy) is 2. The Hall–Kier alpha value is -2.73. The number of hydrogen-bond acceptors (Lipinski definition) is 7. The minimum atomic E-state index is -2.60. The van der Waals surface area contributed by atoms with Crippen LogP contribution in [0.15, 0.2) is 47.2 Å². The molecule has 0 aliphatic carbocycles. The summed E-state index contributed by atoms with van der Waals surface area (Å²) < 4.78 is 38.4. The highest BCUT2D eigenvalue weighted by Crippen LogP contribution is 2.38. The van der Waals surface area contributed by atoms with E-state index in [4.69, 9.17) is 37.1 Å². The van der Waals surface area contributed by atoms with E-state index in [1.54, 1.807) is 12.1 Å². The Morgan fingerprint density at radius 3 is 2.52 bits per heavy atom. The zero-order valence-corrected chi connectivity index (χ0v) is 20.4. The van der Waals surface area contributed by atoms with Crippen molar-refractivity contribution in [3.8, 4) is 17.6 Å². The minimum absolute atomic E-state index is 0.0617.